The van der Waals surface area contributed by atoms with Gasteiger partial charge in [-0.1, -0.05) is 19.8 Å². The zero-order valence-corrected chi connectivity index (χ0v) is 9.10. The Morgan fingerprint density at radius 2 is 2.00 bits per heavy atom. The number of fused-ring (bicyclic) bond motifs is 1. The number of amides is 1. The van der Waals surface area contributed by atoms with Crippen molar-refractivity contribution in [1.82, 2.24) is 5.32 Å². The number of nitrogens with two attached hydrogens (primary N) is 1. The van der Waals surface area contributed by atoms with Gasteiger partial charge in [-0.3, -0.25) is 4.79 Å². The van der Waals surface area contributed by atoms with Crippen LogP contribution in [-0.2, 0) is 4.79 Å². The standard InChI is InChI=1S/C11H20N2O/c1-10-5-3-4-6-11(10,2)13-8(7-10)9(12)14/h8,13H,3-7H2,1-2H3,(H2,12,14). The molecule has 0 aromatic carbocycles. The summed E-state index contributed by atoms with van der Waals surface area (Å²) in [6.07, 6.45) is 5.87. The molecule has 2 aliphatic rings. The number of nitrogens with one attached hydrogen (secondary N) is 1. The summed E-state index contributed by atoms with van der Waals surface area (Å²) >= 11 is 0. The summed E-state index contributed by atoms with van der Waals surface area (Å²) in [4.78, 5) is 11.2. The summed E-state index contributed by atoms with van der Waals surface area (Å²) in [7, 11) is 0. The zero-order chi connectivity index (χ0) is 10.4. The molecule has 14 heavy (non-hydrogen) atoms. The van der Waals surface area contributed by atoms with Crippen molar-refractivity contribution in [3.05, 3.63) is 0 Å². The van der Waals surface area contributed by atoms with E-state index in [4.69, 9.17) is 5.73 Å². The molecule has 3 nitrogen and oxygen atoms in total. The first-order valence-electron chi connectivity index (χ1n) is 5.54. The van der Waals surface area contributed by atoms with Gasteiger partial charge in [-0.15, -0.1) is 0 Å². The molecule has 0 bridgehead atoms. The van der Waals surface area contributed by atoms with Crippen molar-refractivity contribution in [2.45, 2.75) is 57.5 Å². The van der Waals surface area contributed by atoms with E-state index in [1.807, 2.05) is 0 Å². The average Bonchev–Trinajstić information content (AvgIpc) is 2.37. The van der Waals surface area contributed by atoms with Crippen LogP contribution >= 0.6 is 0 Å². The molecule has 1 aliphatic heterocycles. The van der Waals surface area contributed by atoms with E-state index in [2.05, 4.69) is 19.2 Å². The molecule has 1 heterocycles. The predicted octanol–water partition coefficient (Wildman–Crippen LogP) is 1.17. The predicted molar refractivity (Wildman–Crippen MR) is 55.7 cm³/mol. The molecule has 0 aromatic rings. The number of rotatable bonds is 1. The summed E-state index contributed by atoms with van der Waals surface area (Å²) in [5.74, 6) is -0.193. The molecule has 1 aliphatic carbocycles. The summed E-state index contributed by atoms with van der Waals surface area (Å²) in [6, 6.07) is -0.108. The van der Waals surface area contributed by atoms with E-state index in [9.17, 15) is 4.79 Å². The second-order valence-electron chi connectivity index (χ2n) is 5.40. The number of primary amides is 1. The molecule has 2 rings (SSSR count). The van der Waals surface area contributed by atoms with Gasteiger partial charge in [0, 0.05) is 5.54 Å². The molecule has 3 heteroatoms. The van der Waals surface area contributed by atoms with E-state index in [0.717, 1.165) is 6.42 Å². The van der Waals surface area contributed by atoms with Gasteiger partial charge in [-0.25, -0.2) is 0 Å². The maximum absolute atomic E-state index is 11.2. The van der Waals surface area contributed by atoms with Crippen molar-refractivity contribution in [1.29, 1.82) is 0 Å². The van der Waals surface area contributed by atoms with Gasteiger partial charge >= 0.3 is 0 Å². The average molecular weight is 196 g/mol. The molecule has 0 aromatic heterocycles. The van der Waals surface area contributed by atoms with Crippen LogP contribution in [0.4, 0.5) is 0 Å². The molecule has 1 amide bonds. The normalized spacial score (nSPS) is 47.4. The number of carbonyl (C=O) groups is 1. The lowest BCUT2D eigenvalue weighted by Gasteiger charge is -2.44. The first-order valence-corrected chi connectivity index (χ1v) is 5.54. The van der Waals surface area contributed by atoms with E-state index in [1.54, 1.807) is 0 Å². The van der Waals surface area contributed by atoms with Crippen LogP contribution in [0.1, 0.15) is 46.0 Å². The van der Waals surface area contributed by atoms with Crippen molar-refractivity contribution in [2.24, 2.45) is 11.1 Å². The van der Waals surface area contributed by atoms with E-state index in [-0.39, 0.29) is 22.9 Å². The Bertz CT molecular complexity index is 246. The van der Waals surface area contributed by atoms with Crippen molar-refractivity contribution in [2.75, 3.05) is 0 Å². The Morgan fingerprint density at radius 3 is 2.57 bits per heavy atom. The molecular formula is C11H20N2O. The number of carbonyl (C=O) groups excluding carboxylic acids is 1. The topological polar surface area (TPSA) is 55.1 Å². The van der Waals surface area contributed by atoms with Crippen LogP contribution in [0.5, 0.6) is 0 Å². The van der Waals surface area contributed by atoms with Crippen molar-refractivity contribution in [3.8, 4) is 0 Å². The monoisotopic (exact) mass is 196 g/mol. The lowest BCUT2D eigenvalue weighted by Crippen LogP contribution is -2.52. The second kappa shape index (κ2) is 2.96. The number of hydrogen-bond donors (Lipinski definition) is 2. The Morgan fingerprint density at radius 1 is 1.36 bits per heavy atom. The van der Waals surface area contributed by atoms with Crippen molar-refractivity contribution in [3.63, 3.8) is 0 Å². The first-order chi connectivity index (χ1) is 6.47. The molecule has 0 radical (unpaired) electrons. The van der Waals surface area contributed by atoms with E-state index < -0.39 is 0 Å². The molecule has 0 spiro atoms. The van der Waals surface area contributed by atoms with Crippen molar-refractivity contribution < 1.29 is 4.79 Å². The van der Waals surface area contributed by atoms with Gasteiger partial charge < -0.3 is 11.1 Å². The molecule has 80 valence electrons. The van der Waals surface area contributed by atoms with E-state index >= 15 is 0 Å². The van der Waals surface area contributed by atoms with Gasteiger partial charge in [-0.05, 0) is 31.6 Å². The minimum atomic E-state index is -0.193. The molecule has 3 N–H and O–H groups in total. The maximum atomic E-state index is 11.2. The fourth-order valence-corrected chi connectivity index (χ4v) is 3.20. The highest BCUT2D eigenvalue weighted by atomic mass is 16.1. The Hall–Kier alpha value is -0.570. The minimum Gasteiger partial charge on any atom is -0.368 e. The summed E-state index contributed by atoms with van der Waals surface area (Å²) < 4.78 is 0. The molecule has 1 saturated heterocycles. The fraction of sp³-hybridized carbons (Fsp3) is 0.909. The molecule has 2 fully saturated rings. The van der Waals surface area contributed by atoms with Crippen molar-refractivity contribution >= 4 is 5.91 Å². The fourth-order valence-electron chi connectivity index (χ4n) is 3.20. The number of hydrogen-bond acceptors (Lipinski definition) is 2. The molecule has 1 saturated carbocycles. The lowest BCUT2D eigenvalue weighted by atomic mass is 9.64. The van der Waals surface area contributed by atoms with Gasteiger partial charge in [-0.2, -0.15) is 0 Å². The van der Waals surface area contributed by atoms with Crippen LogP contribution < -0.4 is 11.1 Å². The van der Waals surface area contributed by atoms with Gasteiger partial charge in [0.25, 0.3) is 0 Å². The van der Waals surface area contributed by atoms with Crippen LogP contribution in [0.15, 0.2) is 0 Å². The first kappa shape index (κ1) is 9.97. The highest BCUT2D eigenvalue weighted by Crippen LogP contribution is 2.51. The van der Waals surface area contributed by atoms with Crippen LogP contribution in [0.3, 0.4) is 0 Å². The summed E-state index contributed by atoms with van der Waals surface area (Å²) in [6.45, 7) is 4.54. The van der Waals surface area contributed by atoms with Crippen LogP contribution in [0.2, 0.25) is 0 Å². The third-order valence-corrected chi connectivity index (χ3v) is 4.48. The van der Waals surface area contributed by atoms with Gasteiger partial charge in [0.2, 0.25) is 5.91 Å². The van der Waals surface area contributed by atoms with Gasteiger partial charge in [0.05, 0.1) is 6.04 Å². The molecule has 3 atom stereocenters. The highest BCUT2D eigenvalue weighted by molar-refractivity contribution is 5.80. The van der Waals surface area contributed by atoms with Crippen LogP contribution in [-0.4, -0.2) is 17.5 Å². The Kier molecular flexibility index (Phi) is 2.11. The van der Waals surface area contributed by atoms with Gasteiger partial charge in [0.15, 0.2) is 0 Å². The highest BCUT2D eigenvalue weighted by Gasteiger charge is 2.54. The largest absolute Gasteiger partial charge is 0.368 e. The SMILES string of the molecule is CC12CCCCC1(C)NC(C(N)=O)C2. The van der Waals surface area contributed by atoms with Crippen LogP contribution in [0.25, 0.3) is 0 Å². The third-order valence-electron chi connectivity index (χ3n) is 4.48. The quantitative estimate of drug-likeness (QED) is 0.661. The lowest BCUT2D eigenvalue weighted by molar-refractivity contribution is -0.119. The van der Waals surface area contributed by atoms with Crippen LogP contribution in [0, 0.1) is 5.41 Å². The third kappa shape index (κ3) is 1.26. The second-order valence-corrected chi connectivity index (χ2v) is 5.40. The zero-order valence-electron chi connectivity index (χ0n) is 9.10. The Labute approximate surface area is 85.4 Å². The maximum Gasteiger partial charge on any atom is 0.234 e. The Balaban J connectivity index is 2.23. The summed E-state index contributed by atoms with van der Waals surface area (Å²) in [5, 5.41) is 3.43. The van der Waals surface area contributed by atoms with E-state index in [0.29, 0.717) is 0 Å². The molecule has 3 unspecified atom stereocenters. The van der Waals surface area contributed by atoms with E-state index in [1.165, 1.54) is 25.7 Å². The smallest absolute Gasteiger partial charge is 0.234 e. The molecular weight excluding hydrogens is 176 g/mol. The van der Waals surface area contributed by atoms with Gasteiger partial charge in [0.1, 0.15) is 0 Å². The minimum absolute atomic E-state index is 0.108. The summed E-state index contributed by atoms with van der Waals surface area (Å²) in [5.41, 5.74) is 5.77.